The third kappa shape index (κ3) is 3.41. The third-order valence-electron chi connectivity index (χ3n) is 4.78. The van der Waals surface area contributed by atoms with Gasteiger partial charge in [-0.3, -0.25) is 9.69 Å². The number of anilines is 2. The van der Waals surface area contributed by atoms with E-state index in [4.69, 9.17) is 4.74 Å². The minimum Gasteiger partial charge on any atom is -0.494 e. The van der Waals surface area contributed by atoms with Gasteiger partial charge in [-0.05, 0) is 50.6 Å². The highest BCUT2D eigenvalue weighted by Crippen LogP contribution is 2.40. The Morgan fingerprint density at radius 2 is 1.89 bits per heavy atom. The molecule has 0 aromatic heterocycles. The van der Waals surface area contributed by atoms with Crippen LogP contribution in [0.4, 0.5) is 16.2 Å². The number of rotatable bonds is 6. The zero-order valence-electron chi connectivity index (χ0n) is 16.2. The molecule has 0 aliphatic carbocycles. The van der Waals surface area contributed by atoms with E-state index in [1.165, 1.54) is 0 Å². The van der Waals surface area contributed by atoms with Crippen molar-refractivity contribution in [2.24, 2.45) is 0 Å². The number of fused-ring (bicyclic) bond motifs is 1. The van der Waals surface area contributed by atoms with Gasteiger partial charge in [0.1, 0.15) is 5.75 Å². The van der Waals surface area contributed by atoms with Gasteiger partial charge < -0.3 is 20.5 Å². The molecule has 3 N–H and O–H groups in total. The third-order valence-corrected chi connectivity index (χ3v) is 4.78. The molecular weight excluding hydrogens is 358 g/mol. The number of hydrogen-bond donors (Lipinski definition) is 3. The van der Waals surface area contributed by atoms with Crippen molar-refractivity contribution < 1.29 is 19.4 Å². The summed E-state index contributed by atoms with van der Waals surface area (Å²) in [6.45, 7) is 6.16. The van der Waals surface area contributed by atoms with Crippen molar-refractivity contribution in [1.82, 2.24) is 5.32 Å². The van der Waals surface area contributed by atoms with Gasteiger partial charge in [0, 0.05) is 17.3 Å². The number of urea groups is 1. The normalized spacial score (nSPS) is 19.4. The molecule has 2 unspecified atom stereocenters. The summed E-state index contributed by atoms with van der Waals surface area (Å²) in [5.74, 6) is -0.0188. The number of nitrogens with one attached hydrogen (secondary N) is 2. The van der Waals surface area contributed by atoms with Gasteiger partial charge in [-0.25, -0.2) is 4.79 Å². The van der Waals surface area contributed by atoms with Crippen LogP contribution in [0, 0.1) is 0 Å². The van der Waals surface area contributed by atoms with Crippen LogP contribution >= 0.6 is 0 Å². The molecule has 3 amide bonds. The molecular formula is C21H25N3O4. The molecule has 28 heavy (non-hydrogen) atoms. The van der Waals surface area contributed by atoms with Crippen LogP contribution in [-0.4, -0.2) is 29.7 Å². The first-order valence-corrected chi connectivity index (χ1v) is 9.38. The van der Waals surface area contributed by atoms with Crippen molar-refractivity contribution in [2.45, 2.75) is 39.0 Å². The number of amides is 3. The summed E-state index contributed by atoms with van der Waals surface area (Å²) in [5, 5.41) is 17.2. The molecule has 0 saturated heterocycles. The average molecular weight is 383 g/mol. The Bertz CT molecular complexity index is 868. The maximum Gasteiger partial charge on any atom is 0.329 e. The van der Waals surface area contributed by atoms with Crippen LogP contribution in [-0.2, 0) is 10.5 Å². The average Bonchev–Trinajstić information content (AvgIpc) is 2.69. The summed E-state index contributed by atoms with van der Waals surface area (Å²) in [5.41, 5.74) is -1.10. The van der Waals surface area contributed by atoms with E-state index < -0.39 is 17.7 Å². The van der Waals surface area contributed by atoms with E-state index in [0.29, 0.717) is 35.7 Å². The lowest BCUT2D eigenvalue weighted by atomic mass is 9.94. The Morgan fingerprint density at radius 1 is 1.21 bits per heavy atom. The van der Waals surface area contributed by atoms with E-state index in [2.05, 4.69) is 10.6 Å². The lowest BCUT2D eigenvalue weighted by Crippen LogP contribution is -2.63. The van der Waals surface area contributed by atoms with Crippen molar-refractivity contribution in [3.8, 4) is 5.75 Å². The number of nitrogens with zero attached hydrogens (tertiary/aromatic N) is 1. The molecule has 2 aromatic carbocycles. The number of benzene rings is 2. The highest BCUT2D eigenvalue weighted by atomic mass is 16.5. The minimum atomic E-state index is -2.19. The molecule has 1 heterocycles. The van der Waals surface area contributed by atoms with Crippen LogP contribution in [0.25, 0.3) is 0 Å². The van der Waals surface area contributed by atoms with E-state index in [1.54, 1.807) is 48.5 Å². The minimum absolute atomic E-state index is 0.157. The van der Waals surface area contributed by atoms with Crippen molar-refractivity contribution in [3.05, 3.63) is 54.1 Å². The second kappa shape index (κ2) is 7.90. The predicted octanol–water partition coefficient (Wildman–Crippen LogP) is 3.20. The van der Waals surface area contributed by atoms with E-state index in [0.717, 1.165) is 4.90 Å². The molecule has 2 aromatic rings. The number of aliphatic hydroxyl groups is 1. The highest BCUT2D eigenvalue weighted by Gasteiger charge is 2.52. The van der Waals surface area contributed by atoms with Crippen LogP contribution in [0.5, 0.6) is 5.75 Å². The number of carbonyl (C=O) groups is 2. The summed E-state index contributed by atoms with van der Waals surface area (Å²) in [7, 11) is 0. The Labute approximate surface area is 164 Å². The van der Waals surface area contributed by atoms with E-state index in [-0.39, 0.29) is 6.04 Å². The van der Waals surface area contributed by atoms with Crippen molar-refractivity contribution in [1.29, 1.82) is 0 Å². The molecule has 0 bridgehead atoms. The van der Waals surface area contributed by atoms with Crippen LogP contribution in [0.3, 0.4) is 0 Å². The van der Waals surface area contributed by atoms with Gasteiger partial charge in [-0.1, -0.05) is 25.1 Å². The molecule has 7 heteroatoms. The Balaban J connectivity index is 2.10. The number of ether oxygens (including phenoxy) is 1. The Morgan fingerprint density at radius 3 is 2.54 bits per heavy atom. The fraction of sp³-hybridized carbons (Fsp3) is 0.333. The van der Waals surface area contributed by atoms with Gasteiger partial charge in [-0.2, -0.15) is 0 Å². The molecule has 1 aliphatic heterocycles. The molecule has 1 aliphatic rings. The number of hydrogen-bond acceptors (Lipinski definition) is 4. The number of carbonyl (C=O) groups excluding carboxylic acids is 2. The Kier molecular flexibility index (Phi) is 5.56. The molecule has 0 fully saturated rings. The molecule has 2 atom stereocenters. The summed E-state index contributed by atoms with van der Waals surface area (Å²) in [6.07, 6.45) is 0.693. The van der Waals surface area contributed by atoms with Gasteiger partial charge in [0.2, 0.25) is 0 Å². The van der Waals surface area contributed by atoms with Crippen molar-refractivity contribution in [3.63, 3.8) is 0 Å². The molecule has 148 valence electrons. The highest BCUT2D eigenvalue weighted by molar-refractivity contribution is 6.11. The second-order valence-corrected chi connectivity index (χ2v) is 6.69. The molecule has 0 radical (unpaired) electrons. The lowest BCUT2D eigenvalue weighted by Gasteiger charge is -2.43. The summed E-state index contributed by atoms with van der Waals surface area (Å²) < 4.78 is 5.44. The van der Waals surface area contributed by atoms with Crippen LogP contribution in [0.1, 0.15) is 32.8 Å². The zero-order valence-corrected chi connectivity index (χ0v) is 16.2. The standard InChI is InChI=1S/C21H25N3O4/c1-4-14(3)22-19(25)21(27)17-8-6-7-9-18(17)23-20(26)24(21)15-10-12-16(13-11-15)28-5-2/h6-14,27H,4-5H2,1-3H3,(H,22,25)(H,23,26). The van der Waals surface area contributed by atoms with Crippen molar-refractivity contribution >= 4 is 23.3 Å². The molecule has 0 saturated carbocycles. The van der Waals surface area contributed by atoms with Gasteiger partial charge >= 0.3 is 6.03 Å². The van der Waals surface area contributed by atoms with Crippen LogP contribution < -0.4 is 20.3 Å². The van der Waals surface area contributed by atoms with E-state index >= 15 is 0 Å². The maximum absolute atomic E-state index is 13.1. The summed E-state index contributed by atoms with van der Waals surface area (Å²) in [6, 6.07) is 12.7. The summed E-state index contributed by atoms with van der Waals surface area (Å²) in [4.78, 5) is 27.1. The largest absolute Gasteiger partial charge is 0.494 e. The number of para-hydroxylation sites is 1. The van der Waals surface area contributed by atoms with Crippen LogP contribution in [0.15, 0.2) is 48.5 Å². The molecule has 0 spiro atoms. The topological polar surface area (TPSA) is 90.9 Å². The predicted molar refractivity (Wildman–Crippen MR) is 107 cm³/mol. The van der Waals surface area contributed by atoms with Gasteiger partial charge in [0.05, 0.1) is 12.3 Å². The van der Waals surface area contributed by atoms with Gasteiger partial charge in [0.15, 0.2) is 0 Å². The first-order valence-electron chi connectivity index (χ1n) is 9.38. The SMILES string of the molecule is CCOc1ccc(N2C(=O)Nc3ccccc3C2(O)C(=O)NC(C)CC)cc1. The lowest BCUT2D eigenvalue weighted by molar-refractivity contribution is -0.140. The summed E-state index contributed by atoms with van der Waals surface area (Å²) >= 11 is 0. The first kappa shape index (κ1) is 19.7. The smallest absolute Gasteiger partial charge is 0.329 e. The first-order chi connectivity index (χ1) is 13.4. The quantitative estimate of drug-likeness (QED) is 0.714. The van der Waals surface area contributed by atoms with E-state index in [1.807, 2.05) is 20.8 Å². The zero-order chi connectivity index (χ0) is 20.3. The van der Waals surface area contributed by atoms with E-state index in [9.17, 15) is 14.7 Å². The second-order valence-electron chi connectivity index (χ2n) is 6.69. The fourth-order valence-electron chi connectivity index (χ4n) is 3.15. The van der Waals surface area contributed by atoms with Gasteiger partial charge in [-0.15, -0.1) is 0 Å². The van der Waals surface area contributed by atoms with Gasteiger partial charge in [0.25, 0.3) is 11.6 Å². The van der Waals surface area contributed by atoms with Crippen molar-refractivity contribution in [2.75, 3.05) is 16.8 Å². The Hall–Kier alpha value is -3.06. The fourth-order valence-corrected chi connectivity index (χ4v) is 3.15. The maximum atomic E-state index is 13.1. The molecule has 7 nitrogen and oxygen atoms in total. The monoisotopic (exact) mass is 383 g/mol. The van der Waals surface area contributed by atoms with Crippen LogP contribution in [0.2, 0.25) is 0 Å². The molecule has 3 rings (SSSR count).